The van der Waals surface area contributed by atoms with Crippen molar-refractivity contribution >= 4 is 0 Å². The highest BCUT2D eigenvalue weighted by Crippen LogP contribution is 2.53. The molecular weight excluding hydrogens is 245 g/mol. The summed E-state index contributed by atoms with van der Waals surface area (Å²) in [7, 11) is 0. The second-order valence-corrected chi connectivity index (χ2v) is 5.88. The zero-order valence-electron chi connectivity index (χ0n) is 11.1. The van der Waals surface area contributed by atoms with Crippen LogP contribution in [0.4, 0.5) is 4.39 Å². The van der Waals surface area contributed by atoms with Crippen LogP contribution < -0.4 is 5.73 Å². The molecular formula is C15H20FNO2. The Balaban J connectivity index is 1.93. The van der Waals surface area contributed by atoms with Crippen LogP contribution in [-0.2, 0) is 4.74 Å². The molecule has 3 rings (SSSR count). The van der Waals surface area contributed by atoms with Gasteiger partial charge in [0.25, 0.3) is 0 Å². The van der Waals surface area contributed by atoms with Gasteiger partial charge in [-0.2, -0.15) is 0 Å². The number of rotatable bonds is 3. The molecule has 104 valence electrons. The van der Waals surface area contributed by atoms with Crippen LogP contribution in [0.3, 0.4) is 0 Å². The van der Waals surface area contributed by atoms with Crippen molar-refractivity contribution in [1.82, 2.24) is 0 Å². The van der Waals surface area contributed by atoms with E-state index in [-0.39, 0.29) is 18.0 Å². The smallest absolute Gasteiger partial charge is 0.126 e. The number of ether oxygens (including phenoxy) is 1. The summed E-state index contributed by atoms with van der Waals surface area (Å²) in [6, 6.07) is 4.77. The molecule has 2 saturated heterocycles. The highest BCUT2D eigenvalue weighted by atomic mass is 19.1. The van der Waals surface area contributed by atoms with Gasteiger partial charge in [0, 0.05) is 12.0 Å². The summed E-state index contributed by atoms with van der Waals surface area (Å²) < 4.78 is 19.2. The van der Waals surface area contributed by atoms with Gasteiger partial charge in [-0.15, -0.1) is 0 Å². The fourth-order valence-corrected chi connectivity index (χ4v) is 3.62. The maximum atomic E-state index is 13.3. The number of nitrogens with two attached hydrogens (primary N) is 1. The summed E-state index contributed by atoms with van der Waals surface area (Å²) in [4.78, 5) is 0. The number of hydrogen-bond donors (Lipinski definition) is 2. The van der Waals surface area contributed by atoms with Gasteiger partial charge in [0.2, 0.25) is 0 Å². The topological polar surface area (TPSA) is 55.5 Å². The first-order valence-electron chi connectivity index (χ1n) is 6.86. The molecule has 0 spiro atoms. The minimum Gasteiger partial charge on any atom is -0.388 e. The van der Waals surface area contributed by atoms with Crippen LogP contribution in [0.2, 0.25) is 0 Å². The Bertz CT molecular complexity index is 493. The fraction of sp³-hybridized carbons (Fsp3) is 0.600. The third-order valence-electron chi connectivity index (χ3n) is 4.78. The third kappa shape index (κ3) is 1.90. The van der Waals surface area contributed by atoms with Crippen molar-refractivity contribution in [3.63, 3.8) is 0 Å². The quantitative estimate of drug-likeness (QED) is 0.879. The lowest BCUT2D eigenvalue weighted by atomic mass is 9.68. The third-order valence-corrected chi connectivity index (χ3v) is 4.78. The van der Waals surface area contributed by atoms with Gasteiger partial charge in [0.1, 0.15) is 5.82 Å². The maximum Gasteiger partial charge on any atom is 0.126 e. The average molecular weight is 265 g/mol. The molecule has 1 aromatic carbocycles. The Morgan fingerprint density at radius 3 is 2.84 bits per heavy atom. The zero-order chi connectivity index (χ0) is 13.6. The minimum atomic E-state index is -0.688. The van der Waals surface area contributed by atoms with Crippen LogP contribution in [-0.4, -0.2) is 23.9 Å². The lowest BCUT2D eigenvalue weighted by Crippen LogP contribution is -2.44. The zero-order valence-corrected chi connectivity index (χ0v) is 11.1. The number of fused-ring (bicyclic) bond motifs is 2. The summed E-state index contributed by atoms with van der Waals surface area (Å²) >= 11 is 0. The highest BCUT2D eigenvalue weighted by Gasteiger charge is 2.55. The van der Waals surface area contributed by atoms with E-state index >= 15 is 0 Å². The molecule has 2 heterocycles. The molecule has 0 radical (unpaired) electrons. The van der Waals surface area contributed by atoms with E-state index in [2.05, 4.69) is 0 Å². The summed E-state index contributed by atoms with van der Waals surface area (Å²) in [5.74, 6) is -0.248. The van der Waals surface area contributed by atoms with Gasteiger partial charge < -0.3 is 15.6 Å². The monoisotopic (exact) mass is 265 g/mol. The molecule has 3 N–H and O–H groups in total. The van der Waals surface area contributed by atoms with E-state index in [0.717, 1.165) is 24.8 Å². The number of halogens is 1. The van der Waals surface area contributed by atoms with Crippen molar-refractivity contribution in [2.45, 2.75) is 44.5 Å². The van der Waals surface area contributed by atoms with Gasteiger partial charge in [0.05, 0.1) is 18.3 Å². The van der Waals surface area contributed by atoms with Crippen LogP contribution in [0.5, 0.6) is 0 Å². The lowest BCUT2D eigenvalue weighted by molar-refractivity contribution is -0.0264. The van der Waals surface area contributed by atoms with E-state index in [4.69, 9.17) is 10.5 Å². The van der Waals surface area contributed by atoms with Crippen LogP contribution in [0.25, 0.3) is 0 Å². The largest absolute Gasteiger partial charge is 0.388 e. The van der Waals surface area contributed by atoms with E-state index in [1.54, 1.807) is 19.1 Å². The molecule has 0 amide bonds. The number of benzene rings is 1. The van der Waals surface area contributed by atoms with E-state index in [1.807, 2.05) is 0 Å². The number of hydrogen-bond acceptors (Lipinski definition) is 3. The van der Waals surface area contributed by atoms with E-state index in [9.17, 15) is 9.50 Å². The Labute approximate surface area is 112 Å². The summed E-state index contributed by atoms with van der Waals surface area (Å²) in [6.07, 6.45) is 2.38. The van der Waals surface area contributed by atoms with Gasteiger partial charge in [0.15, 0.2) is 0 Å². The minimum absolute atomic E-state index is 0.0304. The van der Waals surface area contributed by atoms with Gasteiger partial charge in [-0.3, -0.25) is 0 Å². The van der Waals surface area contributed by atoms with Gasteiger partial charge in [-0.05, 0) is 43.4 Å². The lowest BCUT2D eigenvalue weighted by Gasteiger charge is -2.38. The second-order valence-electron chi connectivity index (χ2n) is 5.88. The average Bonchev–Trinajstić information content (AvgIpc) is 3.02. The van der Waals surface area contributed by atoms with Crippen molar-refractivity contribution in [3.8, 4) is 0 Å². The van der Waals surface area contributed by atoms with Crippen LogP contribution in [0.15, 0.2) is 18.2 Å². The highest BCUT2D eigenvalue weighted by molar-refractivity contribution is 5.28. The van der Waals surface area contributed by atoms with Crippen molar-refractivity contribution in [1.29, 1.82) is 0 Å². The van der Waals surface area contributed by atoms with Gasteiger partial charge >= 0.3 is 0 Å². The molecule has 0 aliphatic carbocycles. The molecule has 2 aliphatic rings. The first-order valence-corrected chi connectivity index (χ1v) is 6.86. The normalized spacial score (nSPS) is 34.7. The summed E-state index contributed by atoms with van der Waals surface area (Å²) in [5.41, 5.74) is 6.82. The van der Waals surface area contributed by atoms with Gasteiger partial charge in [-0.25, -0.2) is 4.39 Å². The van der Waals surface area contributed by atoms with E-state index in [0.29, 0.717) is 12.1 Å². The summed E-state index contributed by atoms with van der Waals surface area (Å²) in [6.45, 7) is 2.10. The molecule has 2 bridgehead atoms. The standard InChI is InChI=1S/C15H20FNO2/c1-9-6-10(2-4-12(9)16)14(18)15(8-17)7-11-3-5-13(15)19-11/h2,4,6,11,13-14,18H,3,5,7-8,17H2,1H3. The first-order chi connectivity index (χ1) is 9.06. The van der Waals surface area contributed by atoms with Crippen molar-refractivity contribution in [2.75, 3.05) is 6.54 Å². The SMILES string of the molecule is Cc1cc(C(O)C2(CN)CC3CCC2O3)ccc1F. The molecule has 1 aromatic rings. The summed E-state index contributed by atoms with van der Waals surface area (Å²) in [5, 5.41) is 10.7. The molecule has 3 nitrogen and oxygen atoms in total. The molecule has 2 aliphatic heterocycles. The molecule has 0 saturated carbocycles. The predicted octanol–water partition coefficient (Wildman–Crippen LogP) is 2.06. The number of aliphatic hydroxyl groups excluding tert-OH is 1. The Morgan fingerprint density at radius 2 is 2.32 bits per heavy atom. The van der Waals surface area contributed by atoms with Crippen LogP contribution in [0.1, 0.15) is 36.5 Å². The van der Waals surface area contributed by atoms with Crippen LogP contribution >= 0.6 is 0 Å². The number of aryl methyl sites for hydroxylation is 1. The maximum absolute atomic E-state index is 13.3. The first kappa shape index (κ1) is 13.0. The Morgan fingerprint density at radius 1 is 1.53 bits per heavy atom. The molecule has 4 heteroatoms. The van der Waals surface area contributed by atoms with E-state index in [1.165, 1.54) is 6.07 Å². The molecule has 2 fully saturated rings. The van der Waals surface area contributed by atoms with Crippen LogP contribution in [0, 0.1) is 18.2 Å². The van der Waals surface area contributed by atoms with Crippen molar-refractivity contribution < 1.29 is 14.2 Å². The molecule has 19 heavy (non-hydrogen) atoms. The Kier molecular flexibility index (Phi) is 3.12. The predicted molar refractivity (Wildman–Crippen MR) is 70.1 cm³/mol. The second kappa shape index (κ2) is 4.54. The molecule has 4 atom stereocenters. The fourth-order valence-electron chi connectivity index (χ4n) is 3.62. The Hall–Kier alpha value is -0.970. The van der Waals surface area contributed by atoms with Gasteiger partial charge in [-0.1, -0.05) is 12.1 Å². The van der Waals surface area contributed by atoms with Crippen molar-refractivity contribution in [2.24, 2.45) is 11.1 Å². The number of aliphatic hydroxyl groups is 1. The van der Waals surface area contributed by atoms with Crippen molar-refractivity contribution in [3.05, 3.63) is 35.1 Å². The molecule has 4 unspecified atom stereocenters. The molecule has 0 aromatic heterocycles. The van der Waals surface area contributed by atoms with E-state index < -0.39 is 11.5 Å².